The summed E-state index contributed by atoms with van der Waals surface area (Å²) in [5.41, 5.74) is 3.54. The highest BCUT2D eigenvalue weighted by Crippen LogP contribution is 2.45. The zero-order valence-electron chi connectivity index (χ0n) is 16.3. The van der Waals surface area contributed by atoms with Crippen molar-refractivity contribution in [3.05, 3.63) is 65.5 Å². The van der Waals surface area contributed by atoms with Gasteiger partial charge in [-0.2, -0.15) is 0 Å². The van der Waals surface area contributed by atoms with Gasteiger partial charge in [0.2, 0.25) is 5.91 Å². The van der Waals surface area contributed by atoms with Crippen LogP contribution in [0.2, 0.25) is 0 Å². The van der Waals surface area contributed by atoms with E-state index in [-0.39, 0.29) is 11.8 Å². The second-order valence-corrected chi connectivity index (χ2v) is 7.92. The Morgan fingerprint density at radius 1 is 1.22 bits per heavy atom. The minimum absolute atomic E-state index is 0.0950. The Hall–Kier alpha value is -2.20. The van der Waals surface area contributed by atoms with Crippen LogP contribution in [0.5, 0.6) is 0 Å². The van der Waals surface area contributed by atoms with Gasteiger partial charge in [-0.05, 0) is 49.4 Å². The van der Waals surface area contributed by atoms with E-state index < -0.39 is 0 Å². The first kappa shape index (κ1) is 18.2. The van der Waals surface area contributed by atoms with Gasteiger partial charge in [0.25, 0.3) is 0 Å². The largest absolute Gasteiger partial charge is 0.340 e. The van der Waals surface area contributed by atoms with Crippen molar-refractivity contribution in [3.63, 3.8) is 0 Å². The van der Waals surface area contributed by atoms with Crippen LogP contribution in [-0.4, -0.2) is 40.3 Å². The third kappa shape index (κ3) is 3.63. The molecule has 0 N–H and O–H groups in total. The molecular formula is C23H29N3O. The Balaban J connectivity index is 1.47. The first-order valence-electron chi connectivity index (χ1n) is 10.2. The van der Waals surface area contributed by atoms with Crippen LogP contribution in [0.1, 0.15) is 49.0 Å². The van der Waals surface area contributed by atoms with Gasteiger partial charge in [0.15, 0.2) is 0 Å². The van der Waals surface area contributed by atoms with Crippen molar-refractivity contribution in [3.8, 4) is 0 Å². The molecule has 1 amide bonds. The van der Waals surface area contributed by atoms with Crippen LogP contribution in [0.25, 0.3) is 0 Å². The number of aryl methyl sites for hydroxylation is 1. The first-order chi connectivity index (χ1) is 13.2. The summed E-state index contributed by atoms with van der Waals surface area (Å²) >= 11 is 0. The van der Waals surface area contributed by atoms with Crippen molar-refractivity contribution in [1.82, 2.24) is 14.8 Å². The average Bonchev–Trinajstić information content (AvgIpc) is 3.31. The van der Waals surface area contributed by atoms with Crippen molar-refractivity contribution in [1.29, 1.82) is 0 Å². The Morgan fingerprint density at radius 2 is 2.04 bits per heavy atom. The fraction of sp³-hybridized carbons (Fsp3) is 0.478. The van der Waals surface area contributed by atoms with E-state index in [1.54, 1.807) is 0 Å². The topological polar surface area (TPSA) is 36.4 Å². The lowest BCUT2D eigenvalue weighted by molar-refractivity contribution is -0.135. The summed E-state index contributed by atoms with van der Waals surface area (Å²) in [5.74, 6) is 0.365. The van der Waals surface area contributed by atoms with Crippen LogP contribution in [-0.2, 0) is 17.8 Å². The predicted octanol–water partition coefficient (Wildman–Crippen LogP) is 3.83. The van der Waals surface area contributed by atoms with E-state index in [2.05, 4.69) is 53.2 Å². The van der Waals surface area contributed by atoms with Crippen LogP contribution in [0.4, 0.5) is 0 Å². The summed E-state index contributed by atoms with van der Waals surface area (Å²) < 4.78 is 0. The first-order valence-corrected chi connectivity index (χ1v) is 10.2. The third-order valence-electron chi connectivity index (χ3n) is 6.26. The third-order valence-corrected chi connectivity index (χ3v) is 6.26. The van der Waals surface area contributed by atoms with Crippen molar-refractivity contribution >= 4 is 5.91 Å². The number of amides is 1. The van der Waals surface area contributed by atoms with Gasteiger partial charge in [-0.25, -0.2) is 0 Å². The summed E-state index contributed by atoms with van der Waals surface area (Å²) in [6.45, 7) is 3.82. The molecule has 0 saturated carbocycles. The number of fused-ring (bicyclic) bond motifs is 1. The molecule has 0 bridgehead atoms. The van der Waals surface area contributed by atoms with Gasteiger partial charge in [-0.15, -0.1) is 0 Å². The van der Waals surface area contributed by atoms with Crippen LogP contribution >= 0.6 is 0 Å². The Morgan fingerprint density at radius 3 is 2.74 bits per heavy atom. The van der Waals surface area contributed by atoms with Crippen LogP contribution < -0.4 is 0 Å². The molecule has 4 rings (SSSR count). The monoisotopic (exact) mass is 363 g/mol. The molecule has 0 unspecified atom stereocenters. The summed E-state index contributed by atoms with van der Waals surface area (Å²) in [5, 5.41) is 0. The minimum Gasteiger partial charge on any atom is -0.340 e. The van der Waals surface area contributed by atoms with Crippen molar-refractivity contribution in [2.24, 2.45) is 5.92 Å². The highest BCUT2D eigenvalue weighted by Gasteiger charge is 2.47. The molecule has 3 atom stereocenters. The molecule has 4 nitrogen and oxygen atoms in total. The number of pyridine rings is 1. The number of aromatic nitrogens is 1. The van der Waals surface area contributed by atoms with Gasteiger partial charge in [0, 0.05) is 25.3 Å². The van der Waals surface area contributed by atoms with Gasteiger partial charge >= 0.3 is 0 Å². The molecule has 4 heteroatoms. The maximum atomic E-state index is 13.3. The number of rotatable bonds is 5. The fourth-order valence-corrected chi connectivity index (χ4v) is 4.80. The van der Waals surface area contributed by atoms with Crippen LogP contribution in [0, 0.1) is 5.92 Å². The highest BCUT2D eigenvalue weighted by atomic mass is 16.2. The molecule has 2 aliphatic heterocycles. The lowest BCUT2D eigenvalue weighted by Gasteiger charge is -2.26. The van der Waals surface area contributed by atoms with E-state index >= 15 is 0 Å². The van der Waals surface area contributed by atoms with E-state index in [1.165, 1.54) is 17.5 Å². The summed E-state index contributed by atoms with van der Waals surface area (Å²) in [4.78, 5) is 22.2. The van der Waals surface area contributed by atoms with E-state index in [9.17, 15) is 4.79 Å². The molecule has 2 fully saturated rings. The van der Waals surface area contributed by atoms with E-state index in [4.69, 9.17) is 0 Å². The summed E-state index contributed by atoms with van der Waals surface area (Å²) in [6, 6.07) is 15.6. The summed E-state index contributed by atoms with van der Waals surface area (Å²) in [6.07, 6.45) is 6.18. The van der Waals surface area contributed by atoms with E-state index in [1.807, 2.05) is 24.2 Å². The molecule has 0 spiro atoms. The summed E-state index contributed by atoms with van der Waals surface area (Å²) in [7, 11) is 1.92. The van der Waals surface area contributed by atoms with Crippen LogP contribution in [0.15, 0.2) is 48.7 Å². The molecular weight excluding hydrogens is 334 g/mol. The molecule has 0 radical (unpaired) electrons. The molecule has 0 aliphatic carbocycles. The minimum atomic E-state index is 0.0950. The lowest BCUT2D eigenvalue weighted by atomic mass is 9.93. The molecule has 1 aromatic heterocycles. The highest BCUT2D eigenvalue weighted by molar-refractivity contribution is 5.80. The SMILES string of the molecule is CCc1ccc(CN(C)C(=O)[C@@H]2C[C@H](c3ccccc3)N3CCC[C@@H]23)nc1. The Bertz CT molecular complexity index is 774. The molecule has 27 heavy (non-hydrogen) atoms. The van der Waals surface area contributed by atoms with E-state index in [0.29, 0.717) is 18.6 Å². The second-order valence-electron chi connectivity index (χ2n) is 7.92. The Labute approximate surface area is 162 Å². The smallest absolute Gasteiger partial charge is 0.227 e. The second kappa shape index (κ2) is 7.81. The van der Waals surface area contributed by atoms with E-state index in [0.717, 1.165) is 31.5 Å². The fourth-order valence-electron chi connectivity index (χ4n) is 4.80. The molecule has 142 valence electrons. The van der Waals surface area contributed by atoms with Gasteiger partial charge in [-0.3, -0.25) is 14.7 Å². The predicted molar refractivity (Wildman–Crippen MR) is 107 cm³/mol. The molecule has 2 aliphatic rings. The molecule has 2 saturated heterocycles. The Kier molecular flexibility index (Phi) is 5.26. The van der Waals surface area contributed by atoms with Crippen molar-refractivity contribution < 1.29 is 4.79 Å². The van der Waals surface area contributed by atoms with Crippen LogP contribution in [0.3, 0.4) is 0 Å². The van der Waals surface area contributed by atoms with Crippen molar-refractivity contribution in [2.45, 2.75) is 51.2 Å². The number of hydrogen-bond acceptors (Lipinski definition) is 3. The average molecular weight is 364 g/mol. The maximum Gasteiger partial charge on any atom is 0.227 e. The standard InChI is InChI=1S/C23H29N3O/c1-3-17-11-12-19(24-15-17)16-25(2)23(27)20-14-22(18-8-5-4-6-9-18)26-13-7-10-21(20)26/h4-6,8-9,11-12,15,20-22H,3,7,10,13-14,16H2,1-2H3/t20-,21+,22-/m1/s1. The molecule has 2 aromatic rings. The number of carbonyl (C=O) groups is 1. The number of benzene rings is 1. The quantitative estimate of drug-likeness (QED) is 0.810. The number of nitrogens with zero attached hydrogens (tertiary/aromatic N) is 3. The van der Waals surface area contributed by atoms with Gasteiger partial charge in [0.05, 0.1) is 18.2 Å². The zero-order chi connectivity index (χ0) is 18.8. The van der Waals surface area contributed by atoms with Gasteiger partial charge in [-0.1, -0.05) is 43.3 Å². The number of carbonyl (C=O) groups excluding carboxylic acids is 1. The molecule has 1 aromatic carbocycles. The normalized spacial score (nSPS) is 24.7. The maximum absolute atomic E-state index is 13.3. The van der Waals surface area contributed by atoms with Crippen molar-refractivity contribution in [2.75, 3.05) is 13.6 Å². The molecule has 3 heterocycles. The zero-order valence-corrected chi connectivity index (χ0v) is 16.3. The number of hydrogen-bond donors (Lipinski definition) is 0. The van der Waals surface area contributed by atoms with Gasteiger partial charge in [0.1, 0.15) is 0 Å². The lowest BCUT2D eigenvalue weighted by Crippen LogP contribution is -2.38. The van der Waals surface area contributed by atoms with Gasteiger partial charge < -0.3 is 4.90 Å².